The van der Waals surface area contributed by atoms with E-state index >= 15 is 0 Å². The minimum absolute atomic E-state index is 0.144. The van der Waals surface area contributed by atoms with Crippen molar-refractivity contribution in [3.63, 3.8) is 0 Å². The van der Waals surface area contributed by atoms with Crippen LogP contribution in [0.15, 0.2) is 23.4 Å². The smallest absolute Gasteiger partial charge is 0.236 e. The number of piperidine rings is 1. The highest BCUT2D eigenvalue weighted by molar-refractivity contribution is 8.00. The van der Waals surface area contributed by atoms with Crippen molar-refractivity contribution >= 4 is 17.7 Å². The first kappa shape index (κ1) is 19.7. The Labute approximate surface area is 164 Å². The third-order valence-corrected chi connectivity index (χ3v) is 6.10. The summed E-state index contributed by atoms with van der Waals surface area (Å²) < 4.78 is 7.10. The van der Waals surface area contributed by atoms with Gasteiger partial charge in [-0.3, -0.25) is 4.79 Å². The normalized spacial score (nSPS) is 21.1. The molecule has 1 saturated heterocycles. The van der Waals surface area contributed by atoms with E-state index in [4.69, 9.17) is 4.74 Å². The molecule has 2 aromatic rings. The van der Waals surface area contributed by atoms with E-state index in [0.29, 0.717) is 10.9 Å². The largest absolute Gasteiger partial charge is 0.494 e. The number of nitrogens with zero attached hydrogens (tertiary/aromatic N) is 5. The number of methoxy groups -OCH3 is 1. The summed E-state index contributed by atoms with van der Waals surface area (Å²) in [6.07, 6.45) is 3.30. The van der Waals surface area contributed by atoms with Crippen molar-refractivity contribution in [1.82, 2.24) is 25.1 Å². The second kappa shape index (κ2) is 8.29. The van der Waals surface area contributed by atoms with Gasteiger partial charge in [-0.15, -0.1) is 5.10 Å². The molecule has 0 unspecified atom stereocenters. The fourth-order valence-corrected chi connectivity index (χ4v) is 4.50. The number of aromatic nitrogens is 4. The lowest BCUT2D eigenvalue weighted by atomic mass is 9.97. The van der Waals surface area contributed by atoms with Crippen LogP contribution >= 0.6 is 11.8 Å². The summed E-state index contributed by atoms with van der Waals surface area (Å²) >= 11 is 1.38. The Morgan fingerprint density at radius 1 is 1.30 bits per heavy atom. The summed E-state index contributed by atoms with van der Waals surface area (Å²) in [7, 11) is 1.62. The summed E-state index contributed by atoms with van der Waals surface area (Å²) in [6.45, 7) is 8.19. The molecule has 2 heterocycles. The predicted molar refractivity (Wildman–Crippen MR) is 105 cm³/mol. The van der Waals surface area contributed by atoms with Gasteiger partial charge < -0.3 is 9.64 Å². The average Bonchev–Trinajstić information content (AvgIpc) is 3.09. The molecule has 0 radical (unpaired) electrons. The van der Waals surface area contributed by atoms with Gasteiger partial charge in [-0.2, -0.15) is 4.68 Å². The zero-order valence-corrected chi connectivity index (χ0v) is 17.4. The van der Waals surface area contributed by atoms with E-state index < -0.39 is 0 Å². The number of aryl methyl sites for hydroxylation is 1. The number of benzene rings is 1. The second-order valence-electron chi connectivity index (χ2n) is 7.18. The summed E-state index contributed by atoms with van der Waals surface area (Å²) in [6, 6.07) is 6.40. The van der Waals surface area contributed by atoms with Gasteiger partial charge >= 0.3 is 0 Å². The van der Waals surface area contributed by atoms with Gasteiger partial charge in [0.1, 0.15) is 11.4 Å². The number of ether oxygens (including phenoxy) is 1. The zero-order chi connectivity index (χ0) is 19.6. The van der Waals surface area contributed by atoms with E-state index in [0.717, 1.165) is 24.1 Å². The molecule has 8 heteroatoms. The Balaban J connectivity index is 1.82. The Morgan fingerprint density at radius 2 is 2.00 bits per heavy atom. The SMILES string of the molecule is COc1ccc(C)cc1-n1nnnc1S[C@H](C)C(=O)N1[C@@H](C)CCC[C@@H]1C. The maximum absolute atomic E-state index is 13.1. The summed E-state index contributed by atoms with van der Waals surface area (Å²) in [5.74, 6) is 0.831. The minimum atomic E-state index is -0.270. The molecule has 27 heavy (non-hydrogen) atoms. The Kier molecular flexibility index (Phi) is 6.04. The highest BCUT2D eigenvalue weighted by Gasteiger charge is 2.33. The second-order valence-corrected chi connectivity index (χ2v) is 8.49. The highest BCUT2D eigenvalue weighted by Crippen LogP contribution is 2.31. The number of thioether (sulfide) groups is 1. The Hall–Kier alpha value is -2.09. The van der Waals surface area contributed by atoms with E-state index in [2.05, 4.69) is 29.4 Å². The standard InChI is InChI=1S/C19H27N5O2S/c1-12-9-10-17(26-5)16(11-12)24-19(20-21-22-24)27-15(4)18(25)23-13(2)7-6-8-14(23)3/h9-11,13-15H,6-8H2,1-5H3/t13-,14-,15+/m0/s1. The van der Waals surface area contributed by atoms with Crippen LogP contribution in [0.25, 0.3) is 5.69 Å². The van der Waals surface area contributed by atoms with Gasteiger partial charge in [0.05, 0.1) is 12.4 Å². The molecule has 0 saturated carbocycles. The van der Waals surface area contributed by atoms with Crippen LogP contribution in [0.1, 0.15) is 45.6 Å². The number of likely N-dealkylation sites (tertiary alicyclic amines) is 1. The van der Waals surface area contributed by atoms with Crippen LogP contribution in [-0.4, -0.2) is 55.5 Å². The quantitative estimate of drug-likeness (QED) is 0.731. The highest BCUT2D eigenvalue weighted by atomic mass is 32.2. The monoisotopic (exact) mass is 389 g/mol. The lowest BCUT2D eigenvalue weighted by Crippen LogP contribution is -2.50. The van der Waals surface area contributed by atoms with Crippen molar-refractivity contribution < 1.29 is 9.53 Å². The lowest BCUT2D eigenvalue weighted by Gasteiger charge is -2.40. The lowest BCUT2D eigenvalue weighted by molar-refractivity contribution is -0.136. The van der Waals surface area contributed by atoms with Crippen LogP contribution in [0.3, 0.4) is 0 Å². The van der Waals surface area contributed by atoms with Gasteiger partial charge in [-0.1, -0.05) is 17.8 Å². The molecule has 3 rings (SSSR count). The molecule has 1 aliphatic heterocycles. The maximum Gasteiger partial charge on any atom is 0.236 e. The van der Waals surface area contributed by atoms with Crippen LogP contribution in [0.4, 0.5) is 0 Å². The molecular formula is C19H27N5O2S. The van der Waals surface area contributed by atoms with Crippen LogP contribution < -0.4 is 4.74 Å². The first-order valence-corrected chi connectivity index (χ1v) is 10.2. The van der Waals surface area contributed by atoms with Crippen molar-refractivity contribution in [3.05, 3.63) is 23.8 Å². The number of amides is 1. The van der Waals surface area contributed by atoms with Crippen LogP contribution in [0, 0.1) is 6.92 Å². The van der Waals surface area contributed by atoms with Crippen LogP contribution in [0.2, 0.25) is 0 Å². The molecular weight excluding hydrogens is 362 g/mol. The van der Waals surface area contributed by atoms with E-state index in [1.807, 2.05) is 36.9 Å². The topological polar surface area (TPSA) is 73.1 Å². The molecule has 1 aromatic heterocycles. The number of carbonyl (C=O) groups excluding carboxylic acids is 1. The fraction of sp³-hybridized carbons (Fsp3) is 0.579. The van der Waals surface area contributed by atoms with E-state index in [1.54, 1.807) is 11.8 Å². The molecule has 0 bridgehead atoms. The van der Waals surface area contributed by atoms with Gasteiger partial charge in [-0.25, -0.2) is 0 Å². The molecule has 1 amide bonds. The van der Waals surface area contributed by atoms with Crippen molar-refractivity contribution in [3.8, 4) is 11.4 Å². The molecule has 7 nitrogen and oxygen atoms in total. The number of hydrogen-bond acceptors (Lipinski definition) is 6. The van der Waals surface area contributed by atoms with Crippen molar-refractivity contribution in [1.29, 1.82) is 0 Å². The maximum atomic E-state index is 13.1. The van der Waals surface area contributed by atoms with Gasteiger partial charge in [-0.05, 0) is 75.1 Å². The third kappa shape index (κ3) is 4.10. The molecule has 1 fully saturated rings. The molecule has 1 aliphatic rings. The minimum Gasteiger partial charge on any atom is -0.494 e. The first-order chi connectivity index (χ1) is 12.9. The number of tetrazole rings is 1. The van der Waals surface area contributed by atoms with E-state index in [9.17, 15) is 4.79 Å². The van der Waals surface area contributed by atoms with Crippen molar-refractivity contribution in [2.24, 2.45) is 0 Å². The van der Waals surface area contributed by atoms with Crippen LogP contribution in [0.5, 0.6) is 5.75 Å². The summed E-state index contributed by atoms with van der Waals surface area (Å²) in [5.41, 5.74) is 1.85. The van der Waals surface area contributed by atoms with Crippen molar-refractivity contribution in [2.45, 2.75) is 69.4 Å². The fourth-order valence-electron chi connectivity index (χ4n) is 3.64. The Bertz CT molecular complexity index is 799. The van der Waals surface area contributed by atoms with Gasteiger partial charge in [0.15, 0.2) is 0 Å². The average molecular weight is 390 g/mol. The van der Waals surface area contributed by atoms with Gasteiger partial charge in [0, 0.05) is 12.1 Å². The third-order valence-electron chi connectivity index (χ3n) is 5.08. The summed E-state index contributed by atoms with van der Waals surface area (Å²) in [5, 5.41) is 12.4. The van der Waals surface area contributed by atoms with Gasteiger partial charge in [0.2, 0.25) is 11.1 Å². The number of rotatable bonds is 5. The number of hydrogen-bond donors (Lipinski definition) is 0. The van der Waals surface area contributed by atoms with Gasteiger partial charge in [0.25, 0.3) is 0 Å². The number of carbonyl (C=O) groups is 1. The van der Waals surface area contributed by atoms with E-state index in [1.165, 1.54) is 18.2 Å². The Morgan fingerprint density at radius 3 is 2.67 bits per heavy atom. The van der Waals surface area contributed by atoms with Crippen molar-refractivity contribution in [2.75, 3.05) is 7.11 Å². The molecule has 0 spiro atoms. The molecule has 0 aliphatic carbocycles. The molecule has 0 N–H and O–H groups in total. The van der Waals surface area contributed by atoms with Crippen LogP contribution in [-0.2, 0) is 4.79 Å². The molecule has 1 aromatic carbocycles. The summed E-state index contributed by atoms with van der Waals surface area (Å²) in [4.78, 5) is 15.1. The molecule has 3 atom stereocenters. The first-order valence-electron chi connectivity index (χ1n) is 9.34. The predicted octanol–water partition coefficient (Wildman–Crippen LogP) is 3.25. The van der Waals surface area contributed by atoms with E-state index in [-0.39, 0.29) is 23.2 Å². The zero-order valence-electron chi connectivity index (χ0n) is 16.5. The molecule has 146 valence electrons.